The summed E-state index contributed by atoms with van der Waals surface area (Å²) in [6.07, 6.45) is 6.85. The van der Waals surface area contributed by atoms with Crippen molar-refractivity contribution in [3.8, 4) is 0 Å². The fourth-order valence-corrected chi connectivity index (χ4v) is 1.42. The SMILES string of the molecule is C=CCN(CC=C)C(=O)N/C=C/c1ccccc1. The van der Waals surface area contributed by atoms with E-state index in [1.54, 1.807) is 23.3 Å². The van der Waals surface area contributed by atoms with Gasteiger partial charge in [0.25, 0.3) is 0 Å². The van der Waals surface area contributed by atoms with Crippen LogP contribution in [0.4, 0.5) is 4.79 Å². The Hall–Kier alpha value is -2.29. The molecule has 1 aromatic carbocycles. The highest BCUT2D eigenvalue weighted by atomic mass is 16.2. The third kappa shape index (κ3) is 4.70. The van der Waals surface area contributed by atoms with Crippen molar-refractivity contribution in [3.05, 3.63) is 67.4 Å². The molecule has 0 saturated carbocycles. The molecule has 1 rings (SSSR count). The van der Waals surface area contributed by atoms with Crippen molar-refractivity contribution in [2.75, 3.05) is 13.1 Å². The second-order valence-corrected chi connectivity index (χ2v) is 3.68. The van der Waals surface area contributed by atoms with Crippen LogP contribution >= 0.6 is 0 Å². The van der Waals surface area contributed by atoms with Crippen LogP contribution in [0.3, 0.4) is 0 Å². The third-order valence-electron chi connectivity index (χ3n) is 2.27. The average molecular weight is 242 g/mol. The molecule has 0 heterocycles. The van der Waals surface area contributed by atoms with E-state index in [0.29, 0.717) is 13.1 Å². The number of amides is 2. The number of hydrogen-bond donors (Lipinski definition) is 1. The maximum Gasteiger partial charge on any atom is 0.321 e. The van der Waals surface area contributed by atoms with Crippen LogP contribution in [0.2, 0.25) is 0 Å². The fourth-order valence-electron chi connectivity index (χ4n) is 1.42. The first-order valence-corrected chi connectivity index (χ1v) is 5.76. The fraction of sp³-hybridized carbons (Fsp3) is 0.133. The molecular formula is C15H18N2O. The summed E-state index contributed by atoms with van der Waals surface area (Å²) < 4.78 is 0. The number of carbonyl (C=O) groups excluding carboxylic acids is 1. The van der Waals surface area contributed by atoms with Gasteiger partial charge in [-0.15, -0.1) is 13.2 Å². The van der Waals surface area contributed by atoms with Crippen LogP contribution in [0.15, 0.2) is 61.8 Å². The topological polar surface area (TPSA) is 32.3 Å². The Labute approximate surface area is 108 Å². The molecule has 3 heteroatoms. The van der Waals surface area contributed by atoms with Crippen molar-refractivity contribution in [1.82, 2.24) is 10.2 Å². The van der Waals surface area contributed by atoms with Crippen LogP contribution in [0.5, 0.6) is 0 Å². The van der Waals surface area contributed by atoms with Gasteiger partial charge >= 0.3 is 6.03 Å². The molecule has 0 bridgehead atoms. The minimum Gasteiger partial charge on any atom is -0.317 e. The summed E-state index contributed by atoms with van der Waals surface area (Å²) in [5.74, 6) is 0. The van der Waals surface area contributed by atoms with E-state index in [9.17, 15) is 4.79 Å². The lowest BCUT2D eigenvalue weighted by atomic mass is 10.2. The van der Waals surface area contributed by atoms with Gasteiger partial charge in [-0.05, 0) is 11.6 Å². The smallest absolute Gasteiger partial charge is 0.317 e. The Morgan fingerprint density at radius 2 is 1.78 bits per heavy atom. The van der Waals surface area contributed by atoms with Gasteiger partial charge < -0.3 is 10.2 Å². The zero-order valence-corrected chi connectivity index (χ0v) is 10.4. The van der Waals surface area contributed by atoms with Crippen LogP contribution in [0.1, 0.15) is 5.56 Å². The lowest BCUT2D eigenvalue weighted by Crippen LogP contribution is -2.37. The largest absolute Gasteiger partial charge is 0.321 e. The normalized spacial score (nSPS) is 10.0. The molecule has 3 nitrogen and oxygen atoms in total. The molecule has 1 N–H and O–H groups in total. The summed E-state index contributed by atoms with van der Waals surface area (Å²) in [4.78, 5) is 13.4. The summed E-state index contributed by atoms with van der Waals surface area (Å²) in [5.41, 5.74) is 1.04. The van der Waals surface area contributed by atoms with Gasteiger partial charge in [0.05, 0.1) is 0 Å². The number of hydrogen-bond acceptors (Lipinski definition) is 1. The number of nitrogens with zero attached hydrogens (tertiary/aromatic N) is 1. The van der Waals surface area contributed by atoms with Crippen molar-refractivity contribution in [2.24, 2.45) is 0 Å². The zero-order valence-electron chi connectivity index (χ0n) is 10.4. The quantitative estimate of drug-likeness (QED) is 0.764. The molecule has 0 aromatic heterocycles. The van der Waals surface area contributed by atoms with Crippen LogP contribution in [-0.4, -0.2) is 24.0 Å². The number of benzene rings is 1. The second-order valence-electron chi connectivity index (χ2n) is 3.68. The average Bonchev–Trinajstić information content (AvgIpc) is 2.39. The Kier molecular flexibility index (Phi) is 6.04. The van der Waals surface area contributed by atoms with Gasteiger partial charge in [0.15, 0.2) is 0 Å². The van der Waals surface area contributed by atoms with Crippen LogP contribution in [-0.2, 0) is 0 Å². The molecule has 1 aromatic rings. The van der Waals surface area contributed by atoms with Crippen LogP contribution in [0.25, 0.3) is 6.08 Å². The monoisotopic (exact) mass is 242 g/mol. The summed E-state index contributed by atoms with van der Waals surface area (Å²) >= 11 is 0. The van der Waals surface area contributed by atoms with E-state index in [4.69, 9.17) is 0 Å². The van der Waals surface area contributed by atoms with Crippen LogP contribution < -0.4 is 5.32 Å². The first-order valence-electron chi connectivity index (χ1n) is 5.76. The molecule has 0 unspecified atom stereocenters. The number of carbonyl (C=O) groups is 1. The van der Waals surface area contributed by atoms with Crippen molar-refractivity contribution in [1.29, 1.82) is 0 Å². The summed E-state index contributed by atoms with van der Waals surface area (Å²) in [6, 6.07) is 9.61. The van der Waals surface area contributed by atoms with Gasteiger partial charge in [0, 0.05) is 19.3 Å². The number of urea groups is 1. The van der Waals surface area contributed by atoms with Crippen LogP contribution in [0, 0.1) is 0 Å². The highest BCUT2D eigenvalue weighted by Gasteiger charge is 2.07. The van der Waals surface area contributed by atoms with E-state index < -0.39 is 0 Å². The maximum atomic E-state index is 11.8. The molecule has 0 radical (unpaired) electrons. The predicted molar refractivity (Wildman–Crippen MR) is 76.0 cm³/mol. The molecule has 0 aliphatic heterocycles. The van der Waals surface area contributed by atoms with Gasteiger partial charge in [-0.25, -0.2) is 4.79 Å². The van der Waals surface area contributed by atoms with Gasteiger partial charge in [-0.2, -0.15) is 0 Å². The van der Waals surface area contributed by atoms with E-state index in [2.05, 4.69) is 18.5 Å². The van der Waals surface area contributed by atoms with Gasteiger partial charge in [-0.3, -0.25) is 0 Å². The van der Waals surface area contributed by atoms with E-state index in [0.717, 1.165) is 5.56 Å². The van der Waals surface area contributed by atoms with Crippen molar-refractivity contribution < 1.29 is 4.79 Å². The minimum atomic E-state index is -0.165. The highest BCUT2D eigenvalue weighted by Crippen LogP contribution is 2.00. The third-order valence-corrected chi connectivity index (χ3v) is 2.27. The van der Waals surface area contributed by atoms with Crippen molar-refractivity contribution in [3.63, 3.8) is 0 Å². The summed E-state index contributed by atoms with van der Waals surface area (Å²) in [5, 5.41) is 2.71. The van der Waals surface area contributed by atoms with E-state index in [-0.39, 0.29) is 6.03 Å². The summed E-state index contributed by atoms with van der Waals surface area (Å²) in [7, 11) is 0. The molecule has 0 aliphatic carbocycles. The Morgan fingerprint density at radius 1 is 1.17 bits per heavy atom. The lowest BCUT2D eigenvalue weighted by Gasteiger charge is -2.18. The van der Waals surface area contributed by atoms with Crippen molar-refractivity contribution in [2.45, 2.75) is 0 Å². The molecule has 0 aliphatic rings. The van der Waals surface area contributed by atoms with Gasteiger partial charge in [-0.1, -0.05) is 42.5 Å². The number of rotatable bonds is 6. The molecule has 94 valence electrons. The van der Waals surface area contributed by atoms with E-state index in [1.165, 1.54) is 0 Å². The Bertz CT molecular complexity index is 413. The maximum absolute atomic E-state index is 11.8. The van der Waals surface area contributed by atoms with E-state index >= 15 is 0 Å². The minimum absolute atomic E-state index is 0.165. The highest BCUT2D eigenvalue weighted by molar-refractivity contribution is 5.76. The molecular weight excluding hydrogens is 224 g/mol. The molecule has 2 amide bonds. The van der Waals surface area contributed by atoms with Gasteiger partial charge in [0.1, 0.15) is 0 Å². The van der Waals surface area contributed by atoms with Crippen molar-refractivity contribution >= 4 is 12.1 Å². The molecule has 0 fully saturated rings. The Morgan fingerprint density at radius 3 is 2.33 bits per heavy atom. The molecule has 0 saturated heterocycles. The Balaban J connectivity index is 2.51. The second kappa shape index (κ2) is 7.90. The predicted octanol–water partition coefficient (Wildman–Crippen LogP) is 3.04. The number of nitrogens with one attached hydrogen (secondary N) is 1. The lowest BCUT2D eigenvalue weighted by molar-refractivity contribution is 0.212. The first kappa shape index (κ1) is 13.8. The summed E-state index contributed by atoms with van der Waals surface area (Å²) in [6.45, 7) is 8.23. The standard InChI is InChI=1S/C15H18N2O/c1-3-12-17(13-4-2)15(18)16-11-10-14-8-6-5-7-9-14/h3-11H,1-2,12-13H2,(H,16,18)/b11-10+. The first-order chi connectivity index (χ1) is 8.77. The zero-order chi connectivity index (χ0) is 13.2. The molecule has 0 atom stereocenters. The molecule has 18 heavy (non-hydrogen) atoms. The van der Waals surface area contributed by atoms with Gasteiger partial charge in [0.2, 0.25) is 0 Å². The van der Waals surface area contributed by atoms with E-state index in [1.807, 2.05) is 36.4 Å². The molecule has 0 spiro atoms.